The Kier molecular flexibility index (Phi) is 10.8. The van der Waals surface area contributed by atoms with Crippen LogP contribution in [-0.4, -0.2) is 58.4 Å². The minimum Gasteiger partial charge on any atom is -0.480 e. The predicted octanol–water partition coefficient (Wildman–Crippen LogP) is 6.65. The number of aryl methyl sites for hydroxylation is 1. The fraction of sp³-hybridized carbons (Fsp3) is 0.389. The van der Waals surface area contributed by atoms with Gasteiger partial charge in [0.25, 0.3) is 0 Å². The van der Waals surface area contributed by atoms with E-state index in [2.05, 4.69) is 20.6 Å². The van der Waals surface area contributed by atoms with E-state index in [4.69, 9.17) is 42.6 Å². The summed E-state index contributed by atoms with van der Waals surface area (Å²) in [7, 11) is 3.15. The van der Waals surface area contributed by atoms with Crippen molar-refractivity contribution in [3.63, 3.8) is 0 Å². The Balaban J connectivity index is 1.20. The number of benzene rings is 2. The van der Waals surface area contributed by atoms with Gasteiger partial charge in [0, 0.05) is 54.1 Å². The third kappa shape index (κ3) is 7.61. The second-order valence-corrected chi connectivity index (χ2v) is 13.0. The van der Waals surface area contributed by atoms with Crippen LogP contribution in [0.1, 0.15) is 56.3 Å². The molecule has 48 heavy (non-hydrogen) atoms. The van der Waals surface area contributed by atoms with E-state index in [9.17, 15) is 9.59 Å². The first-order valence-electron chi connectivity index (χ1n) is 16.2. The molecule has 2 atom stereocenters. The van der Waals surface area contributed by atoms with E-state index < -0.39 is 0 Å². The van der Waals surface area contributed by atoms with E-state index in [0.29, 0.717) is 93.9 Å². The Morgan fingerprint density at radius 3 is 2.00 bits per heavy atom. The van der Waals surface area contributed by atoms with Crippen molar-refractivity contribution in [1.29, 1.82) is 0 Å². The third-order valence-corrected chi connectivity index (χ3v) is 9.79. The molecular formula is C36H38Cl2N6O4. The van der Waals surface area contributed by atoms with Gasteiger partial charge >= 0.3 is 0 Å². The number of nitrogens with one attached hydrogen (secondary N) is 2. The van der Waals surface area contributed by atoms with Crippen LogP contribution in [0, 0.1) is 5.92 Å². The number of Topliss-reactive ketones (excluding diaryl/α,β-unsaturated/α-hetero) is 1. The molecule has 3 heterocycles. The second-order valence-electron chi connectivity index (χ2n) is 12.2. The number of hydrogen-bond acceptors (Lipinski definition) is 9. The highest BCUT2D eigenvalue weighted by atomic mass is 35.5. The van der Waals surface area contributed by atoms with Crippen molar-refractivity contribution in [2.24, 2.45) is 5.92 Å². The topological polar surface area (TPSA) is 128 Å². The highest BCUT2D eigenvalue weighted by Crippen LogP contribution is 2.42. The number of ketones is 1. The number of aromatic nitrogens is 4. The molecule has 0 bridgehead atoms. The number of rotatable bonds is 13. The van der Waals surface area contributed by atoms with Crippen molar-refractivity contribution in [3.8, 4) is 45.4 Å². The van der Waals surface area contributed by atoms with Crippen molar-refractivity contribution in [3.05, 3.63) is 70.2 Å². The quantitative estimate of drug-likeness (QED) is 0.159. The fourth-order valence-electron chi connectivity index (χ4n) is 6.42. The average Bonchev–Trinajstić information content (AvgIpc) is 3.72. The lowest BCUT2D eigenvalue weighted by Crippen LogP contribution is -2.25. The van der Waals surface area contributed by atoms with Gasteiger partial charge in [-0.05, 0) is 44.6 Å². The predicted molar refractivity (Wildman–Crippen MR) is 185 cm³/mol. The summed E-state index contributed by atoms with van der Waals surface area (Å²) in [5.41, 5.74) is 5.44. The molecule has 4 aromatic rings. The first-order valence-corrected chi connectivity index (χ1v) is 17.0. The Hall–Kier alpha value is -4.12. The highest BCUT2D eigenvalue weighted by Gasteiger charge is 2.23. The van der Waals surface area contributed by atoms with Crippen LogP contribution >= 0.6 is 23.2 Å². The lowest BCUT2D eigenvalue weighted by atomic mass is 9.98. The summed E-state index contributed by atoms with van der Waals surface area (Å²) in [6.45, 7) is 1.23. The van der Waals surface area contributed by atoms with Crippen molar-refractivity contribution < 1.29 is 19.1 Å². The molecule has 2 fully saturated rings. The smallest absolute Gasteiger partial charge is 0.237 e. The molecule has 2 aromatic heterocycles. The monoisotopic (exact) mass is 688 g/mol. The minimum absolute atomic E-state index is 0.121. The van der Waals surface area contributed by atoms with Crippen molar-refractivity contribution in [2.45, 2.75) is 64.0 Å². The summed E-state index contributed by atoms with van der Waals surface area (Å²) < 4.78 is 11.2. The zero-order valence-electron chi connectivity index (χ0n) is 27.0. The zero-order valence-corrected chi connectivity index (χ0v) is 28.5. The van der Waals surface area contributed by atoms with Crippen LogP contribution in [0.4, 0.5) is 0 Å². The Bertz CT molecular complexity index is 1690. The molecule has 1 amide bonds. The van der Waals surface area contributed by atoms with Crippen molar-refractivity contribution >= 4 is 34.9 Å². The summed E-state index contributed by atoms with van der Waals surface area (Å²) in [6, 6.07) is 11.6. The first kappa shape index (κ1) is 33.8. The van der Waals surface area contributed by atoms with Crippen LogP contribution < -0.4 is 20.1 Å². The van der Waals surface area contributed by atoms with Crippen LogP contribution in [0.2, 0.25) is 10.0 Å². The minimum atomic E-state index is 0.121. The number of nitrogens with zero attached hydrogens (tertiary/aromatic N) is 4. The molecule has 1 saturated heterocycles. The molecule has 1 aliphatic carbocycles. The van der Waals surface area contributed by atoms with Gasteiger partial charge < -0.3 is 20.1 Å². The van der Waals surface area contributed by atoms with Gasteiger partial charge in [0.05, 0.1) is 48.0 Å². The second kappa shape index (κ2) is 15.4. The molecule has 0 unspecified atom stereocenters. The Morgan fingerprint density at radius 1 is 0.833 bits per heavy atom. The van der Waals surface area contributed by atoms with Crippen LogP contribution in [0.25, 0.3) is 33.6 Å². The average molecular weight is 690 g/mol. The van der Waals surface area contributed by atoms with Crippen LogP contribution in [0.15, 0.2) is 48.8 Å². The number of methoxy groups -OCH3 is 2. The SMILES string of the molecule is COc1nc(-c2cccc(-c3cccc(-c4cnc(CNC[C@H]5CCC(=O)C5)c(OC)n4)c3Cl)c2Cl)cnc1CCC[C@@H]1CCC(=O)N1. The van der Waals surface area contributed by atoms with E-state index in [1.165, 1.54) is 0 Å². The largest absolute Gasteiger partial charge is 0.480 e. The molecule has 2 N–H and O–H groups in total. The van der Waals surface area contributed by atoms with Gasteiger partial charge in [0.15, 0.2) is 0 Å². The number of carbonyl (C=O) groups excluding carboxylic acids is 2. The summed E-state index contributed by atoms with van der Waals surface area (Å²) >= 11 is 14.1. The highest BCUT2D eigenvalue weighted by molar-refractivity contribution is 6.39. The van der Waals surface area contributed by atoms with Gasteiger partial charge in [-0.2, -0.15) is 0 Å². The van der Waals surface area contributed by atoms with Gasteiger partial charge in [-0.15, -0.1) is 0 Å². The van der Waals surface area contributed by atoms with Crippen LogP contribution in [-0.2, 0) is 22.6 Å². The zero-order chi connectivity index (χ0) is 33.6. The Morgan fingerprint density at radius 2 is 1.44 bits per heavy atom. The van der Waals surface area contributed by atoms with Gasteiger partial charge in [0.2, 0.25) is 17.7 Å². The number of ether oxygens (including phenoxy) is 2. The number of carbonyl (C=O) groups is 2. The summed E-state index contributed by atoms with van der Waals surface area (Å²) in [5, 5.41) is 7.35. The number of amides is 1. The molecule has 6 rings (SSSR count). The maximum atomic E-state index is 11.6. The molecule has 10 nitrogen and oxygen atoms in total. The van der Waals surface area contributed by atoms with Gasteiger partial charge in [-0.3, -0.25) is 19.6 Å². The molecule has 250 valence electrons. The maximum Gasteiger partial charge on any atom is 0.237 e. The first-order chi connectivity index (χ1) is 23.3. The molecule has 1 saturated carbocycles. The lowest BCUT2D eigenvalue weighted by Gasteiger charge is -2.15. The number of halogens is 2. The third-order valence-electron chi connectivity index (χ3n) is 8.97. The molecule has 2 aliphatic rings. The standard InChI is InChI=1S/C36H38Cl2N6O4/c1-47-35-28(11-3-6-22-13-15-32(46)42-22)40-19-29(43-35)26-9-4-7-24(33(26)37)25-8-5-10-27(34(25)38)30-20-41-31(36(44-30)48-2)18-39-17-21-12-14-23(45)16-21/h4-5,7-10,19-22,39H,3,6,11-18H2,1-2H3,(H,42,46)/t21-,22+/m0/s1. The molecule has 2 aromatic carbocycles. The van der Waals surface area contributed by atoms with Crippen molar-refractivity contribution in [2.75, 3.05) is 20.8 Å². The maximum absolute atomic E-state index is 11.6. The summed E-state index contributed by atoms with van der Waals surface area (Å²) in [6.07, 6.45) is 9.53. The van der Waals surface area contributed by atoms with E-state index in [-0.39, 0.29) is 11.9 Å². The molecule has 0 spiro atoms. The lowest BCUT2D eigenvalue weighted by molar-refractivity contribution is -0.119. The van der Waals surface area contributed by atoms with Gasteiger partial charge in [-0.1, -0.05) is 59.6 Å². The summed E-state index contributed by atoms with van der Waals surface area (Å²) in [5.74, 6) is 1.67. The van der Waals surface area contributed by atoms with Crippen molar-refractivity contribution in [1.82, 2.24) is 30.6 Å². The van der Waals surface area contributed by atoms with Gasteiger partial charge in [0.1, 0.15) is 17.2 Å². The molecular weight excluding hydrogens is 651 g/mol. The molecule has 0 radical (unpaired) electrons. The van der Waals surface area contributed by atoms with Crippen LogP contribution in [0.5, 0.6) is 11.8 Å². The fourth-order valence-corrected chi connectivity index (χ4v) is 7.07. The number of hydrogen-bond donors (Lipinski definition) is 2. The van der Waals surface area contributed by atoms with Gasteiger partial charge in [-0.25, -0.2) is 9.97 Å². The van der Waals surface area contributed by atoms with E-state index in [1.54, 1.807) is 26.6 Å². The summed E-state index contributed by atoms with van der Waals surface area (Å²) in [4.78, 5) is 41.9. The van der Waals surface area contributed by atoms with Crippen LogP contribution in [0.3, 0.4) is 0 Å². The molecule has 12 heteroatoms. The van der Waals surface area contributed by atoms with E-state index >= 15 is 0 Å². The Labute approximate surface area is 290 Å². The van der Waals surface area contributed by atoms with E-state index in [0.717, 1.165) is 49.0 Å². The van der Waals surface area contributed by atoms with E-state index in [1.807, 2.05) is 36.4 Å². The molecule has 1 aliphatic heterocycles. The normalized spacial score (nSPS) is 17.5.